The van der Waals surface area contributed by atoms with Gasteiger partial charge in [0.05, 0.1) is 12.7 Å². The van der Waals surface area contributed by atoms with Gasteiger partial charge in [-0.25, -0.2) is 0 Å². The van der Waals surface area contributed by atoms with E-state index in [1.54, 1.807) is 0 Å². The van der Waals surface area contributed by atoms with Crippen LogP contribution >= 0.6 is 28.3 Å². The lowest BCUT2D eigenvalue weighted by molar-refractivity contribution is -0.0805. The van der Waals surface area contributed by atoms with E-state index in [0.29, 0.717) is 19.8 Å². The average molecular weight is 471 g/mol. The van der Waals surface area contributed by atoms with Crippen molar-refractivity contribution in [1.29, 1.82) is 0 Å². The van der Waals surface area contributed by atoms with Gasteiger partial charge in [0.2, 0.25) is 0 Å². The number of hydrogen-bond donors (Lipinski definition) is 1. The molecule has 1 aliphatic heterocycles. The third kappa shape index (κ3) is 5.71. The Morgan fingerprint density at radius 1 is 1.18 bits per heavy atom. The molecule has 0 aliphatic carbocycles. The monoisotopic (exact) mass is 469 g/mol. The molecule has 28 heavy (non-hydrogen) atoms. The summed E-state index contributed by atoms with van der Waals surface area (Å²) in [5.74, 6) is 0.874. The van der Waals surface area contributed by atoms with E-state index in [1.165, 1.54) is 0 Å². The summed E-state index contributed by atoms with van der Waals surface area (Å²) in [6.07, 6.45) is -0.534. The van der Waals surface area contributed by atoms with Gasteiger partial charge in [0.1, 0.15) is 18.5 Å². The van der Waals surface area contributed by atoms with Crippen LogP contribution in [0.25, 0.3) is 0 Å². The van der Waals surface area contributed by atoms with Crippen molar-refractivity contribution in [3.8, 4) is 5.75 Å². The summed E-state index contributed by atoms with van der Waals surface area (Å²) in [6.45, 7) is 8.56. The number of halogens is 2. The second kappa shape index (κ2) is 10.6. The van der Waals surface area contributed by atoms with Crippen molar-refractivity contribution in [1.82, 2.24) is 4.90 Å². The maximum absolute atomic E-state index is 10.5. The number of hydrogen-bond acceptors (Lipinski definition) is 4. The predicted molar refractivity (Wildman–Crippen MR) is 119 cm³/mol. The van der Waals surface area contributed by atoms with Gasteiger partial charge in [-0.3, -0.25) is 4.90 Å². The van der Waals surface area contributed by atoms with Crippen molar-refractivity contribution in [3.63, 3.8) is 0 Å². The minimum atomic E-state index is -0.546. The Kier molecular flexibility index (Phi) is 8.78. The number of morpholine rings is 1. The SMILES string of the molecule is Cc1cccc(C)c1OCC(O)CN1CCOC(c2ccc(Br)cc2)C1C.Cl. The molecule has 6 heteroatoms. The molecule has 0 spiro atoms. The molecule has 0 amide bonds. The number of ether oxygens (including phenoxy) is 2. The fraction of sp³-hybridized carbons (Fsp3) is 0.455. The second-order valence-corrected chi connectivity index (χ2v) is 8.18. The smallest absolute Gasteiger partial charge is 0.125 e. The first kappa shape index (κ1) is 23.2. The van der Waals surface area contributed by atoms with Crippen LogP contribution in [-0.2, 0) is 4.74 Å². The highest BCUT2D eigenvalue weighted by Gasteiger charge is 2.31. The maximum Gasteiger partial charge on any atom is 0.125 e. The molecule has 154 valence electrons. The van der Waals surface area contributed by atoms with Gasteiger partial charge in [0.15, 0.2) is 0 Å². The molecule has 0 saturated carbocycles. The van der Waals surface area contributed by atoms with E-state index in [2.05, 4.69) is 39.9 Å². The Balaban J connectivity index is 0.00000280. The minimum absolute atomic E-state index is 0. The van der Waals surface area contributed by atoms with Crippen molar-refractivity contribution in [2.75, 3.05) is 26.3 Å². The van der Waals surface area contributed by atoms with Gasteiger partial charge < -0.3 is 14.6 Å². The summed E-state index contributed by atoms with van der Waals surface area (Å²) in [4.78, 5) is 2.29. The van der Waals surface area contributed by atoms with Crippen molar-refractivity contribution < 1.29 is 14.6 Å². The Labute approximate surface area is 182 Å². The van der Waals surface area contributed by atoms with Gasteiger partial charge in [0, 0.05) is 23.6 Å². The molecule has 3 rings (SSSR count). The van der Waals surface area contributed by atoms with Crippen LogP contribution in [0.3, 0.4) is 0 Å². The lowest BCUT2D eigenvalue weighted by atomic mass is 10.0. The summed E-state index contributed by atoms with van der Waals surface area (Å²) in [7, 11) is 0. The molecule has 1 N–H and O–H groups in total. The number of benzene rings is 2. The summed E-state index contributed by atoms with van der Waals surface area (Å²) in [5.41, 5.74) is 3.35. The van der Waals surface area contributed by atoms with E-state index in [0.717, 1.165) is 33.5 Å². The van der Waals surface area contributed by atoms with Crippen molar-refractivity contribution in [2.24, 2.45) is 0 Å². The van der Waals surface area contributed by atoms with Gasteiger partial charge >= 0.3 is 0 Å². The normalized spacial score (nSPS) is 21.0. The van der Waals surface area contributed by atoms with Crippen molar-refractivity contribution >= 4 is 28.3 Å². The van der Waals surface area contributed by atoms with Crippen LogP contribution in [-0.4, -0.2) is 48.5 Å². The first-order valence-corrected chi connectivity index (χ1v) is 10.2. The zero-order chi connectivity index (χ0) is 19.4. The van der Waals surface area contributed by atoms with Gasteiger partial charge in [-0.2, -0.15) is 0 Å². The molecule has 0 aromatic heterocycles. The van der Waals surface area contributed by atoms with Crippen LogP contribution < -0.4 is 4.74 Å². The van der Waals surface area contributed by atoms with Gasteiger partial charge in [-0.1, -0.05) is 46.3 Å². The molecule has 1 saturated heterocycles. The first-order valence-electron chi connectivity index (χ1n) is 9.44. The number of aliphatic hydroxyl groups is 1. The third-order valence-electron chi connectivity index (χ3n) is 5.16. The van der Waals surface area contributed by atoms with E-state index in [9.17, 15) is 5.11 Å². The first-order chi connectivity index (χ1) is 13.0. The molecular formula is C22H29BrClNO3. The van der Waals surface area contributed by atoms with E-state index < -0.39 is 6.10 Å². The summed E-state index contributed by atoms with van der Waals surface area (Å²) in [5, 5.41) is 10.5. The van der Waals surface area contributed by atoms with Crippen LogP contribution in [0.15, 0.2) is 46.9 Å². The largest absolute Gasteiger partial charge is 0.490 e. The van der Waals surface area contributed by atoms with Crippen LogP contribution in [0.2, 0.25) is 0 Å². The quantitative estimate of drug-likeness (QED) is 0.665. The highest BCUT2D eigenvalue weighted by Crippen LogP contribution is 2.29. The number of rotatable bonds is 6. The van der Waals surface area contributed by atoms with E-state index >= 15 is 0 Å². The van der Waals surface area contributed by atoms with Crippen LogP contribution in [0.4, 0.5) is 0 Å². The molecule has 4 nitrogen and oxygen atoms in total. The predicted octanol–water partition coefficient (Wildman–Crippen LogP) is 4.69. The Morgan fingerprint density at radius 2 is 1.82 bits per heavy atom. The molecular weight excluding hydrogens is 442 g/mol. The molecule has 1 heterocycles. The van der Waals surface area contributed by atoms with Gasteiger partial charge in [0.25, 0.3) is 0 Å². The molecule has 0 radical (unpaired) electrons. The lowest BCUT2D eigenvalue weighted by Crippen LogP contribution is -2.49. The summed E-state index contributed by atoms with van der Waals surface area (Å²) >= 11 is 3.48. The molecule has 1 fully saturated rings. The number of aliphatic hydroxyl groups excluding tert-OH is 1. The molecule has 1 aliphatic rings. The van der Waals surface area contributed by atoms with Gasteiger partial charge in [-0.05, 0) is 49.6 Å². The molecule has 0 bridgehead atoms. The second-order valence-electron chi connectivity index (χ2n) is 7.26. The fourth-order valence-electron chi connectivity index (χ4n) is 3.65. The van der Waals surface area contributed by atoms with Crippen molar-refractivity contribution in [2.45, 2.75) is 39.0 Å². The lowest BCUT2D eigenvalue weighted by Gasteiger charge is -2.40. The zero-order valence-corrected chi connectivity index (χ0v) is 19.0. The number of nitrogens with zero attached hydrogens (tertiary/aromatic N) is 1. The van der Waals surface area contributed by atoms with Crippen LogP contribution in [0.5, 0.6) is 5.75 Å². The average Bonchev–Trinajstić information content (AvgIpc) is 2.64. The minimum Gasteiger partial charge on any atom is -0.490 e. The molecule has 2 aromatic rings. The highest BCUT2D eigenvalue weighted by molar-refractivity contribution is 9.10. The molecule has 2 aromatic carbocycles. The number of aryl methyl sites for hydroxylation is 2. The van der Waals surface area contributed by atoms with E-state index in [-0.39, 0.29) is 24.6 Å². The maximum atomic E-state index is 10.5. The number of para-hydroxylation sites is 1. The van der Waals surface area contributed by atoms with Gasteiger partial charge in [-0.15, -0.1) is 12.4 Å². The Hall–Kier alpha value is -1.11. The highest BCUT2D eigenvalue weighted by atomic mass is 79.9. The molecule has 3 atom stereocenters. The van der Waals surface area contributed by atoms with E-state index in [1.807, 2.05) is 44.2 Å². The standard InChI is InChI=1S/C22H28BrNO3.ClH/c1-15-5-4-6-16(2)21(15)27-14-20(25)13-24-11-12-26-22(17(24)3)18-7-9-19(23)10-8-18;/h4-10,17,20,22,25H,11-14H2,1-3H3;1H. The van der Waals surface area contributed by atoms with Crippen molar-refractivity contribution in [3.05, 3.63) is 63.6 Å². The summed E-state index contributed by atoms with van der Waals surface area (Å²) < 4.78 is 13.0. The Morgan fingerprint density at radius 3 is 2.46 bits per heavy atom. The zero-order valence-electron chi connectivity index (χ0n) is 16.6. The third-order valence-corrected chi connectivity index (χ3v) is 5.69. The van der Waals surface area contributed by atoms with Crippen LogP contribution in [0.1, 0.15) is 29.7 Å². The van der Waals surface area contributed by atoms with Crippen LogP contribution in [0, 0.1) is 13.8 Å². The Bertz CT molecular complexity index is 736. The summed E-state index contributed by atoms with van der Waals surface area (Å²) in [6, 6.07) is 14.5. The van der Waals surface area contributed by atoms with E-state index in [4.69, 9.17) is 9.47 Å². The topological polar surface area (TPSA) is 41.9 Å². The fourth-order valence-corrected chi connectivity index (χ4v) is 3.91. The number of β-amino-alcohol motifs (C(OH)–C–C–N with tert-alkyl or cyclic N) is 1. The molecule has 3 unspecified atom stereocenters.